The monoisotopic (exact) mass is 373 g/mol. The van der Waals surface area contributed by atoms with Crippen LogP contribution in [-0.4, -0.2) is 24.7 Å². The molecule has 0 aliphatic carbocycles. The van der Waals surface area contributed by atoms with Crippen molar-refractivity contribution in [1.29, 1.82) is 5.26 Å². The lowest BCUT2D eigenvalue weighted by Gasteiger charge is -2.11. The van der Waals surface area contributed by atoms with E-state index in [4.69, 9.17) is 14.2 Å². The van der Waals surface area contributed by atoms with Crippen molar-refractivity contribution in [3.05, 3.63) is 52.4 Å². The van der Waals surface area contributed by atoms with Crippen molar-refractivity contribution in [1.82, 2.24) is 9.13 Å². The van der Waals surface area contributed by atoms with Gasteiger partial charge in [0.25, 0.3) is 0 Å². The Labute approximate surface area is 149 Å². The zero-order valence-corrected chi connectivity index (χ0v) is 15.1. The van der Waals surface area contributed by atoms with Crippen molar-refractivity contribution in [3.8, 4) is 17.6 Å². The van der Waals surface area contributed by atoms with Crippen molar-refractivity contribution in [2.45, 2.75) is 4.90 Å². The van der Waals surface area contributed by atoms with Crippen LogP contribution < -0.4 is 14.6 Å². The minimum absolute atomic E-state index is 0.0338. The third kappa shape index (κ3) is 2.80. The first-order chi connectivity index (χ1) is 12.3. The van der Waals surface area contributed by atoms with E-state index in [0.717, 1.165) is 0 Å². The number of rotatable bonds is 4. The summed E-state index contributed by atoms with van der Waals surface area (Å²) in [5, 5.41) is 8.92. The second kappa shape index (κ2) is 6.24. The maximum Gasteiger partial charge on any atom is 0.339 e. The Hall–Kier alpha value is -3.25. The number of hydrogen-bond acceptors (Lipinski definition) is 6. The predicted octanol–water partition coefficient (Wildman–Crippen LogP) is 1.52. The van der Waals surface area contributed by atoms with Gasteiger partial charge < -0.3 is 8.92 Å². The van der Waals surface area contributed by atoms with Gasteiger partial charge in [0.05, 0.1) is 29.8 Å². The Morgan fingerprint density at radius 1 is 1.00 bits per heavy atom. The van der Waals surface area contributed by atoms with Crippen LogP contribution in [0.1, 0.15) is 5.56 Å². The molecule has 2 aromatic carbocycles. The van der Waals surface area contributed by atoms with Gasteiger partial charge in [-0.15, -0.1) is 0 Å². The summed E-state index contributed by atoms with van der Waals surface area (Å²) in [7, 11) is 0.353. The number of nitriles is 1. The van der Waals surface area contributed by atoms with Crippen LogP contribution in [0.3, 0.4) is 0 Å². The first kappa shape index (κ1) is 17.6. The smallest absolute Gasteiger partial charge is 0.339 e. The molecule has 1 aromatic heterocycles. The summed E-state index contributed by atoms with van der Waals surface area (Å²) in [5.41, 5.74) is 1.12. The molecule has 0 saturated carbocycles. The van der Waals surface area contributed by atoms with Crippen LogP contribution in [-0.2, 0) is 24.2 Å². The molecule has 3 rings (SSSR count). The average molecular weight is 373 g/mol. The van der Waals surface area contributed by atoms with Crippen LogP contribution in [0.15, 0.2) is 46.1 Å². The van der Waals surface area contributed by atoms with E-state index in [1.54, 1.807) is 20.2 Å². The molecule has 0 fully saturated rings. The summed E-state index contributed by atoms with van der Waals surface area (Å²) in [6.45, 7) is 0. The second-order valence-electron chi connectivity index (χ2n) is 5.57. The van der Waals surface area contributed by atoms with Gasteiger partial charge in [-0.25, -0.2) is 4.79 Å². The fourth-order valence-electron chi connectivity index (χ4n) is 2.61. The van der Waals surface area contributed by atoms with Crippen molar-refractivity contribution >= 4 is 21.2 Å². The SMILES string of the molecule is COc1cc(C#N)ccc1OS(=O)(=O)c1ccc2c(c1)n(C)c(=O)n2C. The molecule has 0 unspecified atom stereocenters. The second-order valence-corrected chi connectivity index (χ2v) is 7.11. The average Bonchev–Trinajstić information content (AvgIpc) is 2.85. The molecule has 26 heavy (non-hydrogen) atoms. The zero-order chi connectivity index (χ0) is 19.1. The Morgan fingerprint density at radius 2 is 1.69 bits per heavy atom. The van der Waals surface area contributed by atoms with Gasteiger partial charge >= 0.3 is 15.8 Å². The molecule has 0 atom stereocenters. The van der Waals surface area contributed by atoms with E-state index in [1.807, 2.05) is 6.07 Å². The highest BCUT2D eigenvalue weighted by atomic mass is 32.2. The minimum atomic E-state index is -4.16. The van der Waals surface area contributed by atoms with E-state index in [2.05, 4.69) is 0 Å². The Bertz CT molecular complexity index is 1220. The fraction of sp³-hybridized carbons (Fsp3) is 0.176. The molecule has 8 nitrogen and oxygen atoms in total. The van der Waals surface area contributed by atoms with E-state index in [9.17, 15) is 13.2 Å². The lowest BCUT2D eigenvalue weighted by molar-refractivity contribution is 0.390. The third-order valence-corrected chi connectivity index (χ3v) is 5.25. The first-order valence-corrected chi connectivity index (χ1v) is 8.87. The number of nitrogens with zero attached hydrogens (tertiary/aromatic N) is 3. The number of aromatic nitrogens is 2. The Kier molecular flexibility index (Phi) is 4.21. The quantitative estimate of drug-likeness (QED) is 0.643. The molecule has 3 aromatic rings. The van der Waals surface area contributed by atoms with Crippen LogP contribution in [0, 0.1) is 11.3 Å². The van der Waals surface area contributed by atoms with Crippen LogP contribution in [0.4, 0.5) is 0 Å². The summed E-state index contributed by atoms with van der Waals surface area (Å²) >= 11 is 0. The summed E-state index contributed by atoms with van der Waals surface area (Å²) in [6, 6.07) is 10.4. The molecular formula is C17H15N3O5S. The number of ether oxygens (including phenoxy) is 1. The highest BCUT2D eigenvalue weighted by Crippen LogP contribution is 2.31. The van der Waals surface area contributed by atoms with E-state index < -0.39 is 10.1 Å². The molecule has 0 spiro atoms. The molecule has 0 bridgehead atoms. The number of benzene rings is 2. The van der Waals surface area contributed by atoms with Crippen LogP contribution in [0.2, 0.25) is 0 Å². The van der Waals surface area contributed by atoms with Gasteiger partial charge in [-0.05, 0) is 30.3 Å². The minimum Gasteiger partial charge on any atom is -0.493 e. The number of methoxy groups -OCH3 is 1. The van der Waals surface area contributed by atoms with Crippen LogP contribution >= 0.6 is 0 Å². The molecule has 0 aliphatic heterocycles. The molecule has 9 heteroatoms. The maximum absolute atomic E-state index is 12.6. The molecular weight excluding hydrogens is 358 g/mol. The highest BCUT2D eigenvalue weighted by Gasteiger charge is 2.21. The van der Waals surface area contributed by atoms with Gasteiger partial charge in [-0.2, -0.15) is 13.7 Å². The van der Waals surface area contributed by atoms with Gasteiger partial charge in [0.1, 0.15) is 4.90 Å². The van der Waals surface area contributed by atoms with Crippen LogP contribution in [0.5, 0.6) is 11.5 Å². The molecule has 134 valence electrons. The topological polar surface area (TPSA) is 103 Å². The Morgan fingerprint density at radius 3 is 2.35 bits per heavy atom. The van der Waals surface area contributed by atoms with E-state index in [0.29, 0.717) is 16.6 Å². The van der Waals surface area contributed by atoms with Gasteiger partial charge in [0, 0.05) is 20.2 Å². The van der Waals surface area contributed by atoms with Crippen LogP contribution in [0.25, 0.3) is 11.0 Å². The zero-order valence-electron chi connectivity index (χ0n) is 14.3. The lowest BCUT2D eigenvalue weighted by atomic mass is 10.2. The van der Waals surface area contributed by atoms with Gasteiger partial charge in [0.15, 0.2) is 11.5 Å². The van der Waals surface area contributed by atoms with Crippen molar-refractivity contribution in [3.63, 3.8) is 0 Å². The largest absolute Gasteiger partial charge is 0.493 e. The summed E-state index contributed by atoms with van der Waals surface area (Å²) in [5.74, 6) is 0.0920. The maximum atomic E-state index is 12.6. The first-order valence-electron chi connectivity index (χ1n) is 7.46. The molecule has 0 amide bonds. The third-order valence-electron chi connectivity index (χ3n) is 4.02. The molecule has 1 heterocycles. The summed E-state index contributed by atoms with van der Waals surface area (Å²) < 4.78 is 38.3. The van der Waals surface area contributed by atoms with Gasteiger partial charge in [-0.1, -0.05) is 0 Å². The fourth-order valence-corrected chi connectivity index (χ4v) is 3.58. The molecule has 0 saturated heterocycles. The van der Waals surface area contributed by atoms with Crippen molar-refractivity contribution in [2.24, 2.45) is 14.1 Å². The van der Waals surface area contributed by atoms with Crippen molar-refractivity contribution < 1.29 is 17.3 Å². The predicted molar refractivity (Wildman–Crippen MR) is 93.7 cm³/mol. The summed E-state index contributed by atoms with van der Waals surface area (Å²) in [6.07, 6.45) is 0. The number of aryl methyl sites for hydroxylation is 2. The van der Waals surface area contributed by atoms with Crippen molar-refractivity contribution in [2.75, 3.05) is 7.11 Å². The highest BCUT2D eigenvalue weighted by molar-refractivity contribution is 7.87. The standard InChI is InChI=1S/C17H15N3O5S/c1-19-13-6-5-12(9-14(13)20(2)17(19)21)26(22,23)25-15-7-4-11(10-18)8-16(15)24-3/h4-9H,1-3H3. The molecule has 0 radical (unpaired) electrons. The summed E-state index contributed by atoms with van der Waals surface area (Å²) in [4.78, 5) is 11.9. The van der Waals surface area contributed by atoms with E-state index >= 15 is 0 Å². The van der Waals surface area contributed by atoms with Gasteiger partial charge in [-0.3, -0.25) is 9.13 Å². The van der Waals surface area contributed by atoms with Gasteiger partial charge in [0.2, 0.25) is 0 Å². The number of imidazole rings is 1. The normalized spacial score (nSPS) is 11.3. The molecule has 0 N–H and O–H groups in total. The number of hydrogen-bond donors (Lipinski definition) is 0. The number of fused-ring (bicyclic) bond motifs is 1. The Balaban J connectivity index is 2.07. The van der Waals surface area contributed by atoms with E-state index in [-0.39, 0.29) is 22.1 Å². The lowest BCUT2D eigenvalue weighted by Crippen LogP contribution is -2.19. The van der Waals surface area contributed by atoms with E-state index in [1.165, 1.54) is 46.6 Å². The molecule has 0 aliphatic rings.